The fourth-order valence-corrected chi connectivity index (χ4v) is 3.78. The van der Waals surface area contributed by atoms with Crippen molar-refractivity contribution in [3.05, 3.63) is 67.7 Å². The lowest BCUT2D eigenvalue weighted by Crippen LogP contribution is -2.32. The highest BCUT2D eigenvalue weighted by Gasteiger charge is 2.21. The number of H-pyrrole nitrogens is 1. The predicted octanol–water partition coefficient (Wildman–Crippen LogP) is 0.0287. The van der Waals surface area contributed by atoms with E-state index in [0.717, 1.165) is 16.2 Å². The molecule has 9 nitrogen and oxygen atoms in total. The highest BCUT2D eigenvalue weighted by atomic mass is 32.2. The smallest absolute Gasteiger partial charge is 0.331 e. The molecule has 142 valence electrons. The van der Waals surface area contributed by atoms with Crippen molar-refractivity contribution in [3.8, 4) is 11.6 Å². The van der Waals surface area contributed by atoms with Crippen LogP contribution in [0.1, 0.15) is 11.1 Å². The third-order valence-corrected chi connectivity index (χ3v) is 5.39. The lowest BCUT2D eigenvalue weighted by atomic mass is 10.2. The molecule has 0 saturated carbocycles. The molecule has 0 spiro atoms. The summed E-state index contributed by atoms with van der Waals surface area (Å²) in [5.41, 5.74) is -1.10. The summed E-state index contributed by atoms with van der Waals surface area (Å²) in [5, 5.41) is 11.4. The Balaban J connectivity index is 1.92. The number of sulfone groups is 1. The molecular formula is C17H17N3O6S. The molecule has 10 heteroatoms. The first kappa shape index (κ1) is 18.6. The predicted molar refractivity (Wildman–Crippen MR) is 99.4 cm³/mol. The van der Waals surface area contributed by atoms with Crippen molar-refractivity contribution in [1.82, 2.24) is 9.55 Å². The number of nitrogens with zero attached hydrogens (tertiary/aromatic N) is 2. The first-order chi connectivity index (χ1) is 12.8. The quantitative estimate of drug-likeness (QED) is 0.692. The molecule has 0 aliphatic carbocycles. The number of benzene rings is 1. The van der Waals surface area contributed by atoms with Gasteiger partial charge in [-0.25, -0.2) is 13.2 Å². The van der Waals surface area contributed by atoms with Gasteiger partial charge in [-0.3, -0.25) is 19.3 Å². The second kappa shape index (κ2) is 7.23. The van der Waals surface area contributed by atoms with E-state index in [9.17, 15) is 23.1 Å². The third kappa shape index (κ3) is 4.17. The van der Waals surface area contributed by atoms with Gasteiger partial charge in [-0.05, 0) is 23.8 Å². The van der Waals surface area contributed by atoms with Crippen LogP contribution in [0, 0.1) is 0 Å². The van der Waals surface area contributed by atoms with Gasteiger partial charge < -0.3 is 9.84 Å². The minimum atomic E-state index is -3.29. The zero-order valence-electron chi connectivity index (χ0n) is 14.3. The summed E-state index contributed by atoms with van der Waals surface area (Å²) in [6.07, 6.45) is 2.47. The van der Waals surface area contributed by atoms with Crippen LogP contribution in [0.5, 0.6) is 11.6 Å². The molecule has 1 aliphatic rings. The van der Waals surface area contributed by atoms with Crippen LogP contribution >= 0.6 is 0 Å². The number of hydrogen-bond acceptors (Lipinski definition) is 7. The maximum absolute atomic E-state index is 12.1. The molecule has 1 aromatic heterocycles. The molecule has 27 heavy (non-hydrogen) atoms. The van der Waals surface area contributed by atoms with Gasteiger partial charge in [-0.15, -0.1) is 0 Å². The SMILES string of the molecule is COc1ccc(Cn2c(O)c(C=N[C@H]3C=CS(=O)(=O)C3)c(=O)[nH]c2=O)cc1. The van der Waals surface area contributed by atoms with E-state index in [1.807, 2.05) is 0 Å². The molecule has 0 saturated heterocycles. The minimum Gasteiger partial charge on any atom is -0.497 e. The number of rotatable bonds is 5. The van der Waals surface area contributed by atoms with Gasteiger partial charge in [0.2, 0.25) is 5.88 Å². The van der Waals surface area contributed by atoms with Crippen molar-refractivity contribution < 1.29 is 18.3 Å². The van der Waals surface area contributed by atoms with Crippen LogP contribution < -0.4 is 16.0 Å². The normalized spacial score (nSPS) is 18.2. The summed E-state index contributed by atoms with van der Waals surface area (Å²) in [6.45, 7) is 0.0178. The monoisotopic (exact) mass is 391 g/mol. The average Bonchev–Trinajstić information content (AvgIpc) is 2.97. The van der Waals surface area contributed by atoms with E-state index in [4.69, 9.17) is 4.74 Å². The fraction of sp³-hybridized carbons (Fsp3) is 0.235. The van der Waals surface area contributed by atoms with Gasteiger partial charge >= 0.3 is 5.69 Å². The van der Waals surface area contributed by atoms with E-state index in [1.165, 1.54) is 13.2 Å². The van der Waals surface area contributed by atoms with Crippen molar-refractivity contribution in [1.29, 1.82) is 0 Å². The average molecular weight is 391 g/mol. The Labute approximate surface area is 154 Å². The van der Waals surface area contributed by atoms with Gasteiger partial charge in [0.1, 0.15) is 11.3 Å². The Hall–Kier alpha value is -3.14. The highest BCUT2D eigenvalue weighted by Crippen LogP contribution is 2.16. The summed E-state index contributed by atoms with van der Waals surface area (Å²) in [7, 11) is -1.76. The van der Waals surface area contributed by atoms with Crippen LogP contribution in [0.4, 0.5) is 0 Å². The topological polar surface area (TPSA) is 131 Å². The highest BCUT2D eigenvalue weighted by molar-refractivity contribution is 7.94. The Morgan fingerprint density at radius 3 is 2.63 bits per heavy atom. The van der Waals surface area contributed by atoms with Gasteiger partial charge in [0, 0.05) is 11.6 Å². The standard InChI is InChI=1S/C17H17N3O6S/c1-26-13-4-2-11(3-5-13)9-20-16(22)14(15(21)19-17(20)23)8-18-12-6-7-27(24,25)10-12/h2-8,12,22H,9-10H2,1H3,(H,19,21,23)/t12-/m0/s1. The Morgan fingerprint density at radius 2 is 2.04 bits per heavy atom. The van der Waals surface area contributed by atoms with Gasteiger partial charge in [-0.1, -0.05) is 12.1 Å². The van der Waals surface area contributed by atoms with Crippen molar-refractivity contribution in [2.24, 2.45) is 4.99 Å². The van der Waals surface area contributed by atoms with E-state index >= 15 is 0 Å². The number of aromatic hydroxyl groups is 1. The molecule has 3 rings (SSSR count). The number of aliphatic imine (C=N–C) groups is 1. The van der Waals surface area contributed by atoms with Gasteiger partial charge in [-0.2, -0.15) is 0 Å². The number of nitrogens with one attached hydrogen (secondary N) is 1. The van der Waals surface area contributed by atoms with Gasteiger partial charge in [0.15, 0.2) is 9.84 Å². The largest absolute Gasteiger partial charge is 0.497 e. The van der Waals surface area contributed by atoms with Crippen LogP contribution in [0.25, 0.3) is 0 Å². The second-order valence-corrected chi connectivity index (χ2v) is 7.87. The zero-order chi connectivity index (χ0) is 19.6. The van der Waals surface area contributed by atoms with E-state index in [0.29, 0.717) is 11.3 Å². The van der Waals surface area contributed by atoms with Gasteiger partial charge in [0.05, 0.1) is 25.4 Å². The molecule has 2 N–H and O–H groups in total. The molecular weight excluding hydrogens is 374 g/mol. The third-order valence-electron chi connectivity index (χ3n) is 4.01. The molecule has 0 fully saturated rings. The van der Waals surface area contributed by atoms with Crippen molar-refractivity contribution in [2.75, 3.05) is 12.9 Å². The summed E-state index contributed by atoms with van der Waals surface area (Å²) in [6, 6.07) is 6.21. The maximum Gasteiger partial charge on any atom is 0.331 e. The van der Waals surface area contributed by atoms with Crippen LogP contribution in [-0.2, 0) is 16.4 Å². The number of methoxy groups -OCH3 is 1. The molecule has 0 radical (unpaired) electrons. The molecule has 0 amide bonds. The van der Waals surface area contributed by atoms with Gasteiger partial charge in [0.25, 0.3) is 5.56 Å². The number of hydrogen-bond donors (Lipinski definition) is 2. The van der Waals surface area contributed by atoms with E-state index in [-0.39, 0.29) is 17.9 Å². The van der Waals surface area contributed by atoms with E-state index in [1.54, 1.807) is 24.3 Å². The van der Waals surface area contributed by atoms with Crippen LogP contribution in [-0.4, -0.2) is 48.2 Å². The zero-order valence-corrected chi connectivity index (χ0v) is 15.1. The molecule has 1 atom stereocenters. The minimum absolute atomic E-state index is 0.0178. The van der Waals surface area contributed by atoms with Crippen LogP contribution in [0.3, 0.4) is 0 Å². The lowest BCUT2D eigenvalue weighted by Gasteiger charge is -2.10. The lowest BCUT2D eigenvalue weighted by molar-refractivity contribution is 0.407. The summed E-state index contributed by atoms with van der Waals surface area (Å²) < 4.78 is 28.9. The van der Waals surface area contributed by atoms with Crippen molar-refractivity contribution in [2.45, 2.75) is 12.6 Å². The van der Waals surface area contributed by atoms with Crippen molar-refractivity contribution in [3.63, 3.8) is 0 Å². The molecule has 1 aliphatic heterocycles. The Kier molecular flexibility index (Phi) is 5.00. The fourth-order valence-electron chi connectivity index (χ4n) is 2.57. The molecule has 2 aromatic rings. The van der Waals surface area contributed by atoms with Crippen LogP contribution in [0.2, 0.25) is 0 Å². The number of ether oxygens (including phenoxy) is 1. The molecule has 2 heterocycles. The first-order valence-corrected chi connectivity index (χ1v) is 9.64. The Bertz CT molecular complexity index is 1130. The maximum atomic E-state index is 12.1. The summed E-state index contributed by atoms with van der Waals surface area (Å²) in [4.78, 5) is 30.2. The van der Waals surface area contributed by atoms with E-state index in [2.05, 4.69) is 9.98 Å². The number of aromatic nitrogens is 2. The van der Waals surface area contributed by atoms with Crippen LogP contribution in [0.15, 0.2) is 50.3 Å². The van der Waals surface area contributed by atoms with Crippen molar-refractivity contribution >= 4 is 16.1 Å². The second-order valence-electron chi connectivity index (χ2n) is 5.93. The molecule has 0 bridgehead atoms. The number of aromatic amines is 1. The van der Waals surface area contributed by atoms with E-state index < -0.39 is 33.0 Å². The summed E-state index contributed by atoms with van der Waals surface area (Å²) >= 11 is 0. The summed E-state index contributed by atoms with van der Waals surface area (Å²) in [5.74, 6) is -0.106. The molecule has 0 unspecified atom stereocenters. The molecule has 1 aromatic carbocycles. The Morgan fingerprint density at radius 1 is 1.33 bits per heavy atom. The first-order valence-electron chi connectivity index (χ1n) is 7.92.